The third-order valence-electron chi connectivity index (χ3n) is 5.14. The van der Waals surface area contributed by atoms with Crippen molar-refractivity contribution in [1.82, 2.24) is 14.3 Å². The van der Waals surface area contributed by atoms with E-state index in [1.165, 1.54) is 0 Å². The van der Waals surface area contributed by atoms with Gasteiger partial charge in [-0.05, 0) is 55.4 Å². The summed E-state index contributed by atoms with van der Waals surface area (Å²) in [5.74, 6) is 0.792. The average Bonchev–Trinajstić information content (AvgIpc) is 3.18. The van der Waals surface area contributed by atoms with Gasteiger partial charge in [0, 0.05) is 30.2 Å². The molecule has 0 saturated heterocycles. The normalized spacial score (nSPS) is 13.4. The minimum atomic E-state index is -3.61. The van der Waals surface area contributed by atoms with Gasteiger partial charge in [-0.2, -0.15) is 4.31 Å². The van der Waals surface area contributed by atoms with Gasteiger partial charge in [-0.1, -0.05) is 34.6 Å². The molecular formula is C22H36N4O2S. The predicted octanol–water partition coefficient (Wildman–Crippen LogP) is 4.88. The van der Waals surface area contributed by atoms with Crippen LogP contribution >= 0.6 is 0 Å². The number of rotatable bonds is 12. The average molecular weight is 421 g/mol. The van der Waals surface area contributed by atoms with E-state index < -0.39 is 10.0 Å². The molecule has 162 valence electrons. The van der Waals surface area contributed by atoms with E-state index in [0.29, 0.717) is 29.9 Å². The molecule has 0 amide bonds. The van der Waals surface area contributed by atoms with Crippen LogP contribution in [0.15, 0.2) is 41.7 Å². The van der Waals surface area contributed by atoms with E-state index in [-0.39, 0.29) is 5.92 Å². The molecule has 0 saturated carbocycles. The highest BCUT2D eigenvalue weighted by atomic mass is 32.2. The predicted molar refractivity (Wildman–Crippen MR) is 119 cm³/mol. The number of hydrogen-bond donors (Lipinski definition) is 2. The molecule has 2 rings (SSSR count). The molecule has 0 aliphatic carbocycles. The first kappa shape index (κ1) is 23.4. The molecule has 2 aromatic rings. The summed E-state index contributed by atoms with van der Waals surface area (Å²) in [6.07, 6.45) is 6.30. The summed E-state index contributed by atoms with van der Waals surface area (Å²) in [6.45, 7) is 11.5. The monoisotopic (exact) mass is 420 g/mol. The van der Waals surface area contributed by atoms with E-state index in [2.05, 4.69) is 49.9 Å². The molecule has 0 spiro atoms. The second-order valence-corrected chi connectivity index (χ2v) is 10.2. The fourth-order valence-corrected chi connectivity index (χ4v) is 5.17. The Hall–Kier alpha value is -1.86. The lowest BCUT2D eigenvalue weighted by molar-refractivity contribution is 0.315. The van der Waals surface area contributed by atoms with E-state index in [4.69, 9.17) is 0 Å². The molecule has 6 nitrogen and oxygen atoms in total. The van der Waals surface area contributed by atoms with Gasteiger partial charge in [0.25, 0.3) is 0 Å². The molecule has 0 aliphatic rings. The first-order valence-electron chi connectivity index (χ1n) is 10.6. The van der Waals surface area contributed by atoms with E-state index in [0.717, 1.165) is 30.6 Å². The first-order chi connectivity index (χ1) is 13.8. The van der Waals surface area contributed by atoms with Gasteiger partial charge in [0.15, 0.2) is 0 Å². The van der Waals surface area contributed by atoms with Crippen molar-refractivity contribution in [2.24, 2.45) is 11.8 Å². The third-order valence-corrected chi connectivity index (χ3v) is 6.97. The minimum Gasteiger partial charge on any atom is -0.382 e. The SMILES string of the molecule is CCC(CC)Nc1ccc(S(=O)(=O)N(Cc2cnc[nH]2)CC(C)CC(C)C)cc1. The molecule has 0 radical (unpaired) electrons. The summed E-state index contributed by atoms with van der Waals surface area (Å²) < 4.78 is 28.4. The van der Waals surface area contributed by atoms with E-state index in [9.17, 15) is 8.42 Å². The summed E-state index contributed by atoms with van der Waals surface area (Å²) in [5.41, 5.74) is 1.74. The molecule has 1 unspecified atom stereocenters. The number of aromatic nitrogens is 2. The van der Waals surface area contributed by atoms with Gasteiger partial charge in [0.2, 0.25) is 10.0 Å². The van der Waals surface area contributed by atoms with Crippen molar-refractivity contribution in [3.8, 4) is 0 Å². The molecule has 29 heavy (non-hydrogen) atoms. The highest BCUT2D eigenvalue weighted by Crippen LogP contribution is 2.23. The number of aromatic amines is 1. The molecule has 7 heteroatoms. The Morgan fingerprint density at radius 3 is 2.28 bits per heavy atom. The Morgan fingerprint density at radius 1 is 1.10 bits per heavy atom. The number of sulfonamides is 1. The third kappa shape index (κ3) is 6.85. The van der Waals surface area contributed by atoms with Crippen molar-refractivity contribution >= 4 is 15.7 Å². The van der Waals surface area contributed by atoms with Crippen molar-refractivity contribution in [2.75, 3.05) is 11.9 Å². The van der Waals surface area contributed by atoms with Gasteiger partial charge in [-0.25, -0.2) is 13.4 Å². The van der Waals surface area contributed by atoms with Crippen LogP contribution in [0.1, 0.15) is 59.6 Å². The molecule has 1 atom stereocenters. The number of anilines is 1. The zero-order valence-corrected chi connectivity index (χ0v) is 19.2. The molecule has 2 N–H and O–H groups in total. The Kier molecular flexibility index (Phi) is 8.71. The Morgan fingerprint density at radius 2 is 1.76 bits per heavy atom. The maximum Gasteiger partial charge on any atom is 0.243 e. The zero-order valence-electron chi connectivity index (χ0n) is 18.4. The van der Waals surface area contributed by atoms with Crippen LogP contribution in [0.25, 0.3) is 0 Å². The Bertz CT molecular complexity index is 813. The van der Waals surface area contributed by atoms with Crippen LogP contribution < -0.4 is 5.32 Å². The minimum absolute atomic E-state index is 0.267. The Balaban J connectivity index is 2.23. The summed E-state index contributed by atoms with van der Waals surface area (Å²) in [6, 6.07) is 7.51. The molecule has 0 fully saturated rings. The fourth-order valence-electron chi connectivity index (χ4n) is 3.64. The zero-order chi connectivity index (χ0) is 21.4. The molecule has 1 aromatic carbocycles. The summed E-state index contributed by atoms with van der Waals surface area (Å²) in [5, 5.41) is 3.45. The lowest BCUT2D eigenvalue weighted by Crippen LogP contribution is -2.35. The van der Waals surface area contributed by atoms with Crippen LogP contribution in [-0.4, -0.2) is 35.3 Å². The van der Waals surface area contributed by atoms with E-state index >= 15 is 0 Å². The van der Waals surface area contributed by atoms with Crippen LogP contribution in [0.2, 0.25) is 0 Å². The highest BCUT2D eigenvalue weighted by molar-refractivity contribution is 7.89. The molecule has 0 aliphatic heterocycles. The van der Waals surface area contributed by atoms with Gasteiger partial charge in [-0.15, -0.1) is 0 Å². The van der Waals surface area contributed by atoms with Crippen LogP contribution in [0.3, 0.4) is 0 Å². The summed E-state index contributed by atoms with van der Waals surface area (Å²) in [4.78, 5) is 7.37. The maximum atomic E-state index is 13.4. The van der Waals surface area contributed by atoms with Crippen molar-refractivity contribution in [2.45, 2.75) is 71.4 Å². The van der Waals surface area contributed by atoms with Crippen molar-refractivity contribution < 1.29 is 8.42 Å². The second-order valence-electron chi connectivity index (χ2n) is 8.29. The first-order valence-corrected chi connectivity index (χ1v) is 12.0. The largest absolute Gasteiger partial charge is 0.382 e. The number of nitrogens with one attached hydrogen (secondary N) is 2. The second kappa shape index (κ2) is 10.8. The van der Waals surface area contributed by atoms with E-state index in [1.54, 1.807) is 29.0 Å². The number of nitrogens with zero attached hydrogens (tertiary/aromatic N) is 2. The summed E-state index contributed by atoms with van der Waals surface area (Å²) in [7, 11) is -3.61. The van der Waals surface area contributed by atoms with Crippen molar-refractivity contribution in [1.29, 1.82) is 0 Å². The molecule has 1 heterocycles. The van der Waals surface area contributed by atoms with Gasteiger partial charge in [0.1, 0.15) is 0 Å². The quantitative estimate of drug-likeness (QED) is 0.513. The van der Waals surface area contributed by atoms with E-state index in [1.807, 2.05) is 12.1 Å². The summed E-state index contributed by atoms with van der Waals surface area (Å²) >= 11 is 0. The fraction of sp³-hybridized carbons (Fsp3) is 0.591. The van der Waals surface area contributed by atoms with Gasteiger partial charge in [-0.3, -0.25) is 0 Å². The topological polar surface area (TPSA) is 78.1 Å². The van der Waals surface area contributed by atoms with Crippen LogP contribution in [0, 0.1) is 11.8 Å². The molecule has 0 bridgehead atoms. The molecule has 1 aromatic heterocycles. The lowest BCUT2D eigenvalue weighted by Gasteiger charge is -2.26. The Labute approximate surface area is 176 Å². The maximum absolute atomic E-state index is 13.4. The van der Waals surface area contributed by atoms with Gasteiger partial charge >= 0.3 is 0 Å². The van der Waals surface area contributed by atoms with Gasteiger partial charge in [0.05, 0.1) is 17.8 Å². The highest BCUT2D eigenvalue weighted by Gasteiger charge is 2.27. The van der Waals surface area contributed by atoms with Crippen LogP contribution in [0.4, 0.5) is 5.69 Å². The van der Waals surface area contributed by atoms with Gasteiger partial charge < -0.3 is 10.3 Å². The van der Waals surface area contributed by atoms with Crippen LogP contribution in [0.5, 0.6) is 0 Å². The standard InChI is InChI=1S/C22H36N4O2S/c1-6-19(7-2)25-20-8-10-22(11-9-20)29(27,28)26(14-18(5)12-17(3)4)15-21-13-23-16-24-21/h8-11,13,16-19,25H,6-7,12,14-15H2,1-5H3,(H,23,24). The van der Waals surface area contributed by atoms with Crippen LogP contribution in [-0.2, 0) is 16.6 Å². The number of benzene rings is 1. The van der Waals surface area contributed by atoms with Crippen molar-refractivity contribution in [3.63, 3.8) is 0 Å². The molecular weight excluding hydrogens is 384 g/mol. The lowest BCUT2D eigenvalue weighted by atomic mass is 9.99. The number of imidazole rings is 1. The smallest absolute Gasteiger partial charge is 0.243 e. The number of hydrogen-bond acceptors (Lipinski definition) is 4. The number of H-pyrrole nitrogens is 1. The van der Waals surface area contributed by atoms with Crippen molar-refractivity contribution in [3.05, 3.63) is 42.5 Å².